The largest absolute Gasteiger partial charge is 0.381 e. The number of morpholine rings is 1. The number of carbonyl (C=O) groups is 2. The minimum atomic E-state index is -0.223. The first-order valence-electron chi connectivity index (χ1n) is 14.9. The molecule has 5 rings (SSSR count). The number of benzene rings is 1. The van der Waals surface area contributed by atoms with Crippen LogP contribution in [0.15, 0.2) is 53.8 Å². The van der Waals surface area contributed by atoms with E-state index in [1.165, 1.54) is 0 Å². The number of nitrogens with zero attached hydrogens (tertiary/aromatic N) is 3. The van der Waals surface area contributed by atoms with Crippen LogP contribution < -0.4 is 4.90 Å². The SMILES string of the molecule is CC1=CC(=O)C(CCC(=O)c2cc(-c3ccc(CN4CCOCC4)nc3)cc(N(C)C3CCOCC3)c2C)C(C)=C1. The number of aromatic nitrogens is 1. The molecule has 0 bridgehead atoms. The van der Waals surface area contributed by atoms with Gasteiger partial charge in [-0.05, 0) is 81.0 Å². The fraction of sp³-hybridized carbons (Fsp3) is 0.500. The van der Waals surface area contributed by atoms with E-state index in [-0.39, 0.29) is 17.5 Å². The highest BCUT2D eigenvalue weighted by Crippen LogP contribution is 2.34. The molecule has 1 aromatic carbocycles. The number of hydrogen-bond donors (Lipinski definition) is 0. The number of anilines is 1. The Hall–Kier alpha value is -3.13. The van der Waals surface area contributed by atoms with Crippen LogP contribution in [0.1, 0.15) is 61.1 Å². The lowest BCUT2D eigenvalue weighted by atomic mass is 9.84. The van der Waals surface area contributed by atoms with Gasteiger partial charge in [0.2, 0.25) is 0 Å². The zero-order valence-electron chi connectivity index (χ0n) is 24.9. The molecule has 1 unspecified atom stereocenters. The maximum atomic E-state index is 13.8. The number of ketones is 2. The van der Waals surface area contributed by atoms with E-state index in [9.17, 15) is 9.59 Å². The smallest absolute Gasteiger partial charge is 0.163 e. The topological polar surface area (TPSA) is 72.0 Å². The lowest BCUT2D eigenvalue weighted by Crippen LogP contribution is -2.37. The van der Waals surface area contributed by atoms with Gasteiger partial charge in [0.05, 0.1) is 18.9 Å². The first-order valence-corrected chi connectivity index (χ1v) is 14.9. The Bertz CT molecular complexity index is 1320. The Morgan fingerprint density at radius 1 is 1.00 bits per heavy atom. The van der Waals surface area contributed by atoms with Gasteiger partial charge >= 0.3 is 0 Å². The molecule has 41 heavy (non-hydrogen) atoms. The van der Waals surface area contributed by atoms with E-state index in [1.807, 2.05) is 26.1 Å². The van der Waals surface area contributed by atoms with Crippen LogP contribution in [0.5, 0.6) is 0 Å². The van der Waals surface area contributed by atoms with Crippen LogP contribution >= 0.6 is 0 Å². The van der Waals surface area contributed by atoms with Crippen molar-refractivity contribution in [2.24, 2.45) is 5.92 Å². The molecular formula is C34H43N3O4. The van der Waals surface area contributed by atoms with Gasteiger partial charge in [0.25, 0.3) is 0 Å². The van der Waals surface area contributed by atoms with Gasteiger partial charge in [0.15, 0.2) is 11.6 Å². The standard InChI is InChI=1S/C34H43N3O4/c1-23-17-24(2)30(34(39)18-23)7-8-33(38)31-19-27(20-32(25(31)3)36(4)29-9-13-40-14-10-29)26-5-6-28(35-21-26)22-37-11-15-41-16-12-37/h5-6,17-21,29-30H,7-16,22H2,1-4H3. The number of pyridine rings is 1. The highest BCUT2D eigenvalue weighted by Gasteiger charge is 2.26. The molecule has 2 saturated heterocycles. The van der Waals surface area contributed by atoms with Crippen molar-refractivity contribution in [2.75, 3.05) is 51.5 Å². The van der Waals surface area contributed by atoms with Crippen molar-refractivity contribution in [2.45, 2.75) is 59.0 Å². The van der Waals surface area contributed by atoms with E-state index in [1.54, 1.807) is 6.08 Å². The van der Waals surface area contributed by atoms with Crippen LogP contribution in [0.2, 0.25) is 0 Å². The van der Waals surface area contributed by atoms with Crippen molar-refractivity contribution < 1.29 is 19.1 Å². The lowest BCUT2D eigenvalue weighted by Gasteiger charge is -2.34. The van der Waals surface area contributed by atoms with Crippen molar-refractivity contribution in [3.05, 3.63) is 70.6 Å². The third kappa shape index (κ3) is 7.03. The van der Waals surface area contributed by atoms with E-state index >= 15 is 0 Å². The maximum absolute atomic E-state index is 13.8. The predicted molar refractivity (Wildman–Crippen MR) is 162 cm³/mol. The summed E-state index contributed by atoms with van der Waals surface area (Å²) >= 11 is 0. The molecule has 7 heteroatoms. The fourth-order valence-electron chi connectivity index (χ4n) is 6.30. The summed E-state index contributed by atoms with van der Waals surface area (Å²) in [4.78, 5) is 35.9. The van der Waals surface area contributed by atoms with Gasteiger partial charge in [0, 0.05) is 81.3 Å². The second kappa shape index (κ2) is 13.2. The van der Waals surface area contributed by atoms with Crippen LogP contribution in [-0.4, -0.2) is 74.1 Å². The summed E-state index contributed by atoms with van der Waals surface area (Å²) in [5.41, 5.74) is 7.81. The van der Waals surface area contributed by atoms with E-state index in [4.69, 9.17) is 14.5 Å². The predicted octanol–water partition coefficient (Wildman–Crippen LogP) is 5.56. The zero-order chi connectivity index (χ0) is 28.9. The normalized spacial score (nSPS) is 20.5. The molecule has 2 fully saturated rings. The Morgan fingerprint density at radius 3 is 2.41 bits per heavy atom. The van der Waals surface area contributed by atoms with Crippen molar-refractivity contribution in [1.82, 2.24) is 9.88 Å². The van der Waals surface area contributed by atoms with E-state index in [2.05, 4.69) is 48.0 Å². The molecule has 218 valence electrons. The summed E-state index contributed by atoms with van der Waals surface area (Å²) in [6.07, 6.45) is 8.46. The molecule has 3 heterocycles. The number of carbonyl (C=O) groups excluding carboxylic acids is 2. The average molecular weight is 558 g/mol. The van der Waals surface area contributed by atoms with E-state index < -0.39 is 0 Å². The average Bonchev–Trinajstić information content (AvgIpc) is 2.97. The van der Waals surface area contributed by atoms with Crippen LogP contribution in [0.3, 0.4) is 0 Å². The quantitative estimate of drug-likeness (QED) is 0.374. The second-order valence-electron chi connectivity index (χ2n) is 11.7. The number of rotatable bonds is 9. The summed E-state index contributed by atoms with van der Waals surface area (Å²) in [5.74, 6) is -0.0440. The third-order valence-corrected chi connectivity index (χ3v) is 8.83. The summed E-state index contributed by atoms with van der Waals surface area (Å²) < 4.78 is 11.1. The highest BCUT2D eigenvalue weighted by atomic mass is 16.5. The van der Waals surface area contributed by atoms with E-state index in [0.29, 0.717) is 18.9 Å². The Kier molecular flexibility index (Phi) is 9.48. The van der Waals surface area contributed by atoms with Crippen molar-refractivity contribution in [3.8, 4) is 11.1 Å². The van der Waals surface area contributed by atoms with Crippen LogP contribution in [0, 0.1) is 12.8 Å². The first kappa shape index (κ1) is 29.4. The summed E-state index contributed by atoms with van der Waals surface area (Å²) in [6, 6.07) is 8.78. The molecular weight excluding hydrogens is 514 g/mol. The van der Waals surface area contributed by atoms with Crippen molar-refractivity contribution in [3.63, 3.8) is 0 Å². The van der Waals surface area contributed by atoms with Crippen LogP contribution in [0.25, 0.3) is 11.1 Å². The molecule has 2 aromatic rings. The first-order chi connectivity index (χ1) is 19.8. The minimum Gasteiger partial charge on any atom is -0.381 e. The molecule has 7 nitrogen and oxygen atoms in total. The van der Waals surface area contributed by atoms with Crippen LogP contribution in [-0.2, 0) is 20.8 Å². The Labute approximate surface area is 244 Å². The van der Waals surface area contributed by atoms with Crippen LogP contribution in [0.4, 0.5) is 5.69 Å². The molecule has 0 radical (unpaired) electrons. The summed E-state index contributed by atoms with van der Waals surface area (Å²) in [5, 5.41) is 0. The molecule has 1 aliphatic carbocycles. The molecule has 0 N–H and O–H groups in total. The van der Waals surface area contributed by atoms with Gasteiger partial charge in [0.1, 0.15) is 0 Å². The van der Waals surface area contributed by atoms with Gasteiger partial charge < -0.3 is 14.4 Å². The molecule has 0 spiro atoms. The van der Waals surface area contributed by atoms with Crippen molar-refractivity contribution in [1.29, 1.82) is 0 Å². The zero-order valence-corrected chi connectivity index (χ0v) is 24.9. The van der Waals surface area contributed by atoms with Gasteiger partial charge in [-0.1, -0.05) is 17.7 Å². The Morgan fingerprint density at radius 2 is 1.73 bits per heavy atom. The number of hydrogen-bond acceptors (Lipinski definition) is 7. The van der Waals surface area contributed by atoms with Gasteiger partial charge in [-0.2, -0.15) is 0 Å². The molecule has 1 atom stereocenters. The maximum Gasteiger partial charge on any atom is 0.163 e. The summed E-state index contributed by atoms with van der Waals surface area (Å²) in [6.45, 7) is 11.7. The van der Waals surface area contributed by atoms with Gasteiger partial charge in [-0.15, -0.1) is 0 Å². The number of allylic oxidation sites excluding steroid dienone is 4. The van der Waals surface area contributed by atoms with E-state index in [0.717, 1.165) is 104 Å². The molecule has 3 aliphatic rings. The number of Topliss-reactive ketones (excluding diaryl/α,β-unsaturated/α-hetero) is 1. The molecule has 2 aliphatic heterocycles. The second-order valence-corrected chi connectivity index (χ2v) is 11.7. The fourth-order valence-corrected chi connectivity index (χ4v) is 6.30. The Balaban J connectivity index is 1.41. The number of ether oxygens (including phenoxy) is 2. The van der Waals surface area contributed by atoms with Gasteiger partial charge in [-0.25, -0.2) is 0 Å². The van der Waals surface area contributed by atoms with Gasteiger partial charge in [-0.3, -0.25) is 19.5 Å². The molecule has 0 amide bonds. The highest BCUT2D eigenvalue weighted by molar-refractivity contribution is 6.01. The monoisotopic (exact) mass is 557 g/mol. The lowest BCUT2D eigenvalue weighted by molar-refractivity contribution is -0.117. The van der Waals surface area contributed by atoms with Crippen molar-refractivity contribution >= 4 is 17.3 Å². The molecule has 0 saturated carbocycles. The third-order valence-electron chi connectivity index (χ3n) is 8.83. The summed E-state index contributed by atoms with van der Waals surface area (Å²) in [7, 11) is 2.13. The minimum absolute atomic E-state index is 0.0785. The molecule has 1 aromatic heterocycles.